The fourth-order valence-corrected chi connectivity index (χ4v) is 2.62. The number of benzene rings is 1. The van der Waals surface area contributed by atoms with Gasteiger partial charge in [-0.3, -0.25) is 9.59 Å². The van der Waals surface area contributed by atoms with Crippen molar-refractivity contribution < 1.29 is 19.1 Å². The lowest BCUT2D eigenvalue weighted by Gasteiger charge is -2.23. The average Bonchev–Trinajstić information content (AvgIpc) is 2.55. The van der Waals surface area contributed by atoms with Crippen LogP contribution in [0.1, 0.15) is 56.3 Å². The van der Waals surface area contributed by atoms with Gasteiger partial charge in [0.15, 0.2) is 5.78 Å². The summed E-state index contributed by atoms with van der Waals surface area (Å²) in [4.78, 5) is 23.6. The number of hydrogen-bond donors (Lipinski definition) is 0. The van der Waals surface area contributed by atoms with Crippen molar-refractivity contribution in [1.82, 2.24) is 0 Å². The summed E-state index contributed by atoms with van der Waals surface area (Å²) in [5.41, 5.74) is 0.600. The summed E-state index contributed by atoms with van der Waals surface area (Å²) in [6.45, 7) is 3.92. The first-order valence-corrected chi connectivity index (χ1v) is 7.95. The molecule has 4 nitrogen and oxygen atoms in total. The third-order valence-corrected chi connectivity index (χ3v) is 4.29. The Kier molecular flexibility index (Phi) is 5.58. The van der Waals surface area contributed by atoms with Gasteiger partial charge in [0.2, 0.25) is 0 Å². The van der Waals surface area contributed by atoms with Gasteiger partial charge >= 0.3 is 0 Å². The summed E-state index contributed by atoms with van der Waals surface area (Å²) in [5.74, 6) is 1.62. The second-order valence-corrected chi connectivity index (χ2v) is 5.89. The van der Waals surface area contributed by atoms with E-state index in [4.69, 9.17) is 9.47 Å². The first-order chi connectivity index (χ1) is 10.5. The molecular formula is C18H24O4. The molecule has 0 aromatic heterocycles. The second-order valence-electron chi connectivity index (χ2n) is 5.89. The summed E-state index contributed by atoms with van der Waals surface area (Å²) in [7, 11) is 1.56. The van der Waals surface area contributed by atoms with E-state index >= 15 is 0 Å². The molecule has 2 rings (SSSR count). The van der Waals surface area contributed by atoms with Gasteiger partial charge in [0, 0.05) is 24.8 Å². The molecule has 0 saturated heterocycles. The molecular weight excluding hydrogens is 280 g/mol. The molecule has 1 aromatic carbocycles. The topological polar surface area (TPSA) is 52.6 Å². The maximum Gasteiger partial charge on any atom is 0.169 e. The Bertz CT molecular complexity index is 540. The standard InChI is InChI=1S/C18H24O4/c1-4-12(2)18(20)16-10-9-15(11-17(16)21-3)22-14-7-5-13(19)6-8-14/h9-12,14H,4-8H2,1-3H3. The number of methoxy groups -OCH3 is 1. The predicted molar refractivity (Wildman–Crippen MR) is 84.7 cm³/mol. The lowest BCUT2D eigenvalue weighted by Crippen LogP contribution is -2.24. The van der Waals surface area contributed by atoms with E-state index in [-0.39, 0.29) is 17.8 Å². The van der Waals surface area contributed by atoms with Crippen LogP contribution < -0.4 is 9.47 Å². The van der Waals surface area contributed by atoms with Crippen molar-refractivity contribution in [1.29, 1.82) is 0 Å². The normalized spacial score (nSPS) is 17.1. The molecule has 22 heavy (non-hydrogen) atoms. The monoisotopic (exact) mass is 304 g/mol. The molecule has 0 bridgehead atoms. The molecule has 0 radical (unpaired) electrons. The van der Waals surface area contributed by atoms with Crippen molar-refractivity contribution in [2.24, 2.45) is 5.92 Å². The highest BCUT2D eigenvalue weighted by Crippen LogP contribution is 2.29. The molecule has 0 N–H and O–H groups in total. The van der Waals surface area contributed by atoms with Gasteiger partial charge in [-0.2, -0.15) is 0 Å². The fraction of sp³-hybridized carbons (Fsp3) is 0.556. The molecule has 0 heterocycles. The maximum atomic E-state index is 12.3. The Labute approximate surface area is 131 Å². The van der Waals surface area contributed by atoms with E-state index in [0.717, 1.165) is 19.3 Å². The van der Waals surface area contributed by atoms with Gasteiger partial charge in [-0.15, -0.1) is 0 Å². The molecule has 1 aliphatic rings. The number of ether oxygens (including phenoxy) is 2. The van der Waals surface area contributed by atoms with Gasteiger partial charge < -0.3 is 9.47 Å². The van der Waals surface area contributed by atoms with E-state index in [1.54, 1.807) is 19.2 Å². The van der Waals surface area contributed by atoms with E-state index < -0.39 is 0 Å². The van der Waals surface area contributed by atoms with Gasteiger partial charge in [-0.1, -0.05) is 13.8 Å². The lowest BCUT2D eigenvalue weighted by molar-refractivity contribution is -0.121. The first-order valence-electron chi connectivity index (χ1n) is 7.95. The zero-order chi connectivity index (χ0) is 16.1. The Hall–Kier alpha value is -1.84. The zero-order valence-electron chi connectivity index (χ0n) is 13.6. The lowest BCUT2D eigenvalue weighted by atomic mass is 9.95. The quantitative estimate of drug-likeness (QED) is 0.750. The van der Waals surface area contributed by atoms with Crippen molar-refractivity contribution in [2.45, 2.75) is 52.1 Å². The highest BCUT2D eigenvalue weighted by atomic mass is 16.5. The van der Waals surface area contributed by atoms with Gasteiger partial charge in [-0.25, -0.2) is 0 Å². The smallest absolute Gasteiger partial charge is 0.169 e. The third-order valence-electron chi connectivity index (χ3n) is 4.29. The van der Waals surface area contributed by atoms with Crippen molar-refractivity contribution in [2.75, 3.05) is 7.11 Å². The molecule has 0 spiro atoms. The summed E-state index contributed by atoms with van der Waals surface area (Å²) < 4.78 is 11.3. The number of hydrogen-bond acceptors (Lipinski definition) is 4. The van der Waals surface area contributed by atoms with E-state index in [1.165, 1.54) is 0 Å². The zero-order valence-corrected chi connectivity index (χ0v) is 13.6. The highest BCUT2D eigenvalue weighted by Gasteiger charge is 2.22. The van der Waals surface area contributed by atoms with Crippen LogP contribution in [0.5, 0.6) is 11.5 Å². The number of carbonyl (C=O) groups excluding carboxylic acids is 2. The largest absolute Gasteiger partial charge is 0.496 e. The minimum atomic E-state index is -0.0231. The number of Topliss-reactive ketones (excluding diaryl/α,β-unsaturated/α-hetero) is 2. The third kappa shape index (κ3) is 3.87. The van der Waals surface area contributed by atoms with Crippen molar-refractivity contribution >= 4 is 11.6 Å². The minimum absolute atomic E-state index is 0.0231. The minimum Gasteiger partial charge on any atom is -0.496 e. The highest BCUT2D eigenvalue weighted by molar-refractivity contribution is 6.00. The first kappa shape index (κ1) is 16.5. The Balaban J connectivity index is 2.11. The van der Waals surface area contributed by atoms with Crippen LogP contribution in [-0.2, 0) is 4.79 Å². The number of rotatable bonds is 6. The van der Waals surface area contributed by atoms with Gasteiger partial charge in [0.05, 0.1) is 18.8 Å². The average molecular weight is 304 g/mol. The van der Waals surface area contributed by atoms with E-state index in [2.05, 4.69) is 0 Å². The summed E-state index contributed by atoms with van der Waals surface area (Å²) in [6, 6.07) is 5.36. The Morgan fingerprint density at radius 1 is 1.32 bits per heavy atom. The van der Waals surface area contributed by atoms with E-state index in [9.17, 15) is 9.59 Å². The van der Waals surface area contributed by atoms with Crippen molar-refractivity contribution in [3.63, 3.8) is 0 Å². The molecule has 1 aliphatic carbocycles. The van der Waals surface area contributed by atoms with Crippen LogP contribution in [-0.4, -0.2) is 24.8 Å². The van der Waals surface area contributed by atoms with Gasteiger partial charge in [0.25, 0.3) is 0 Å². The molecule has 0 amide bonds. The summed E-state index contributed by atoms with van der Waals surface area (Å²) in [5, 5.41) is 0. The maximum absolute atomic E-state index is 12.3. The van der Waals surface area contributed by atoms with Crippen LogP contribution in [0.2, 0.25) is 0 Å². The Morgan fingerprint density at radius 3 is 2.59 bits per heavy atom. The van der Waals surface area contributed by atoms with Gasteiger partial charge in [0.1, 0.15) is 17.3 Å². The van der Waals surface area contributed by atoms with Crippen LogP contribution in [0.25, 0.3) is 0 Å². The molecule has 1 atom stereocenters. The fourth-order valence-electron chi connectivity index (χ4n) is 2.62. The number of carbonyl (C=O) groups is 2. The van der Waals surface area contributed by atoms with Crippen LogP contribution in [0.3, 0.4) is 0 Å². The van der Waals surface area contributed by atoms with Crippen LogP contribution in [0.4, 0.5) is 0 Å². The van der Waals surface area contributed by atoms with E-state index in [0.29, 0.717) is 35.7 Å². The molecule has 120 valence electrons. The van der Waals surface area contributed by atoms with Crippen molar-refractivity contribution in [3.05, 3.63) is 23.8 Å². The van der Waals surface area contributed by atoms with Crippen LogP contribution in [0.15, 0.2) is 18.2 Å². The second kappa shape index (κ2) is 7.43. The van der Waals surface area contributed by atoms with Crippen LogP contribution >= 0.6 is 0 Å². The SMILES string of the molecule is CCC(C)C(=O)c1ccc(OC2CCC(=O)CC2)cc1OC. The van der Waals surface area contributed by atoms with E-state index in [1.807, 2.05) is 19.9 Å². The molecule has 1 unspecified atom stereocenters. The summed E-state index contributed by atoms with van der Waals surface area (Å²) >= 11 is 0. The Morgan fingerprint density at radius 2 is 2.00 bits per heavy atom. The summed E-state index contributed by atoms with van der Waals surface area (Å²) in [6.07, 6.45) is 3.57. The predicted octanol–water partition coefficient (Wildman–Crippen LogP) is 3.81. The number of ketones is 2. The molecule has 1 aromatic rings. The molecule has 1 saturated carbocycles. The molecule has 4 heteroatoms. The van der Waals surface area contributed by atoms with Crippen LogP contribution in [0, 0.1) is 5.92 Å². The molecule has 0 aliphatic heterocycles. The molecule has 1 fully saturated rings. The van der Waals surface area contributed by atoms with Crippen molar-refractivity contribution in [3.8, 4) is 11.5 Å². The van der Waals surface area contributed by atoms with Gasteiger partial charge in [-0.05, 0) is 31.4 Å².